The summed E-state index contributed by atoms with van der Waals surface area (Å²) in [6, 6.07) is 22.1. The lowest BCUT2D eigenvalue weighted by molar-refractivity contribution is -0.117. The van der Waals surface area contributed by atoms with E-state index in [1.165, 1.54) is 163 Å². The summed E-state index contributed by atoms with van der Waals surface area (Å²) in [5, 5.41) is 62.3. The summed E-state index contributed by atoms with van der Waals surface area (Å²) in [6.45, 7) is 1.56. The number of alkyl halides is 1. The number of fused-ring (bicyclic) bond motifs is 4. The second-order valence-corrected chi connectivity index (χ2v) is 32.7. The summed E-state index contributed by atoms with van der Waals surface area (Å²) in [4.78, 5) is 215. The van der Waals surface area contributed by atoms with Crippen molar-refractivity contribution in [3.63, 3.8) is 0 Å². The second-order valence-electron chi connectivity index (χ2n) is 32.4. The van der Waals surface area contributed by atoms with Gasteiger partial charge in [0, 0.05) is 230 Å². The number of aryl methyl sites for hydroxylation is 10. The number of amides is 14. The van der Waals surface area contributed by atoms with Gasteiger partial charge >= 0.3 is 0 Å². The highest BCUT2D eigenvalue weighted by Gasteiger charge is 2.37. The molecule has 2 unspecified atom stereocenters. The zero-order valence-electron chi connectivity index (χ0n) is 75.4. The van der Waals surface area contributed by atoms with E-state index in [-0.39, 0.29) is 173 Å². The van der Waals surface area contributed by atoms with E-state index in [2.05, 4.69) is 109 Å². The molecule has 137 heavy (non-hydrogen) atoms. The van der Waals surface area contributed by atoms with Crippen molar-refractivity contribution in [1.82, 2.24) is 96.5 Å². The first kappa shape index (κ1) is 93.9. The van der Waals surface area contributed by atoms with Gasteiger partial charge in [-0.25, -0.2) is 29.9 Å². The SMILES string of the molecule is CC(=O)Nc1cn(C)c(C(=O)Nc2cn(C)c(C(=O)Nc3cn(C)c(C(=O)NCCC(=O)Nc4cn(C)c(C(=O)Nc5cc(C(=O)Nc6cc(C(=O)NCCCC(=O)Nc7cn(C)c(C(=O)Nc8cn(C)c(C(=O)Nc9cc(C(=O)NCCC(=O)Nc%10cc(C(=O)Nc%11ccc%12[nH]c(C(O)N%13CC(CCl)c%14c%13cc(O)c%13ccccc%14%13)cc%12c%11)n(C)c%10)n(C)c9)n8)n7)n(C)c6)n(C)c5)n4)n3)n2)n1. The fourth-order valence-electron chi connectivity index (χ4n) is 15.6. The van der Waals surface area contributed by atoms with Gasteiger partial charge in [0.15, 0.2) is 41.1 Å². The lowest BCUT2D eigenvalue weighted by Crippen LogP contribution is -2.29. The molecule has 49 heteroatoms. The number of hydrogen-bond acceptors (Lipinski definition) is 23. The van der Waals surface area contributed by atoms with Gasteiger partial charge in [-0.1, -0.05) is 24.3 Å². The number of halogens is 1. The van der Waals surface area contributed by atoms with E-state index in [1.54, 1.807) is 76.3 Å². The number of benzene rings is 3. The minimum Gasteiger partial charge on any atom is -0.507 e. The standard InChI is InChI=1S/C88H93ClN32O16/c1-44(122)93-62-38-116(7)75(102-62)85(134)110-67-43-120(11)77(107-67)87(136)108-65-41-115(6)72(105-65)82(131)92-24-21-70(126)101-64-40-117(8)73(103-64)83(132)98-51-30-60(114(5)37-51)81(130)96-49-28-57(111(2)35-49)78(127)90-22-14-17-68(124)100-63-39-118(9)76(104-63)86(135)109-66-42-119(10)74(106-66)84(133)97-50-29-58(112(3)36-50)79(128)91-23-20-69(125)94-48-27-59(113(4)34-48)80(129)95-47-18-19-54-45(25-47)26-55(99-54)88(137)121-33-46(32-89)71-53-16-13-12-15-52(53)61(123)31-56(71)121/h12-13,15-16,18-19,25-31,34-43,46,88,99,123,137H,14,17,20-24,32-33H2,1-11H3,(H,90,127)(H,91,128)(H,92,131)(H,93,122)(H,94,125)(H,95,129)(H,96,130)(H,97,133)(H,98,132)(H,100,124)(H,101,126)(H,108,136)(H,109,135)(H,110,134). The third-order valence-electron chi connectivity index (χ3n) is 22.0. The van der Waals surface area contributed by atoms with Gasteiger partial charge in [0.1, 0.15) is 28.5 Å². The number of aromatic hydroxyl groups is 1. The highest BCUT2D eigenvalue weighted by Crippen LogP contribution is 2.48. The average Bonchev–Trinajstić information content (AvgIpc) is 1.59. The first-order chi connectivity index (χ1) is 65.3. The second kappa shape index (κ2) is 39.4. The van der Waals surface area contributed by atoms with E-state index >= 15 is 0 Å². The number of hydrogen-bond donors (Lipinski definition) is 17. The molecule has 0 fully saturated rings. The van der Waals surface area contributed by atoms with Crippen LogP contribution in [0.4, 0.5) is 69.0 Å². The zero-order chi connectivity index (χ0) is 97.8. The highest BCUT2D eigenvalue weighted by molar-refractivity contribution is 6.19. The molecule has 3 aromatic carbocycles. The molecule has 12 heterocycles. The van der Waals surface area contributed by atoms with Crippen molar-refractivity contribution in [2.24, 2.45) is 70.5 Å². The number of rotatable bonds is 34. The molecule has 1 aliphatic heterocycles. The number of H-pyrrole nitrogens is 1. The third-order valence-corrected chi connectivity index (χ3v) is 22.4. The van der Waals surface area contributed by atoms with Crippen LogP contribution in [0, 0.1) is 0 Å². The molecule has 17 N–H and O–H groups in total. The summed E-state index contributed by atoms with van der Waals surface area (Å²) < 4.78 is 14.2. The Morgan fingerprint density at radius 2 is 0.737 bits per heavy atom. The molecule has 15 rings (SSSR count). The van der Waals surface area contributed by atoms with Crippen LogP contribution in [-0.2, 0) is 89.7 Å². The molecule has 0 radical (unpaired) electrons. The maximum atomic E-state index is 13.6. The summed E-state index contributed by atoms with van der Waals surface area (Å²) in [5.74, 6) is -8.20. The predicted octanol–water partition coefficient (Wildman–Crippen LogP) is 6.01. The molecule has 14 amide bonds. The summed E-state index contributed by atoms with van der Waals surface area (Å²) >= 11 is 6.46. The van der Waals surface area contributed by atoms with E-state index in [0.29, 0.717) is 51.5 Å². The van der Waals surface area contributed by atoms with Gasteiger partial charge in [-0.05, 0) is 65.9 Å². The number of nitrogens with one attached hydrogen (secondary N) is 15. The molecule has 2 atom stereocenters. The Balaban J connectivity index is 0.444. The Bertz CT molecular complexity index is 7240. The molecule has 48 nitrogen and oxygen atoms in total. The number of carbonyl (C=O) groups is 14. The number of aliphatic hydroxyl groups excluding tert-OH is 1. The average molecular weight is 1890 g/mol. The number of phenols is 1. The molecular formula is C88H93ClN32O16. The number of aromatic amines is 1. The molecule has 11 aromatic heterocycles. The topological polar surface area (TPSA) is 594 Å². The smallest absolute Gasteiger partial charge is 0.292 e. The molecule has 0 saturated heterocycles. The largest absolute Gasteiger partial charge is 0.507 e. The molecule has 0 bridgehead atoms. The Morgan fingerprint density at radius 3 is 1.18 bits per heavy atom. The van der Waals surface area contributed by atoms with Crippen molar-refractivity contribution in [2.45, 2.75) is 44.8 Å². The first-order valence-electron chi connectivity index (χ1n) is 42.3. The van der Waals surface area contributed by atoms with Crippen molar-refractivity contribution in [2.75, 3.05) is 95.4 Å². The van der Waals surface area contributed by atoms with Gasteiger partial charge in [0.2, 0.25) is 58.6 Å². The number of anilines is 12. The van der Waals surface area contributed by atoms with Gasteiger partial charge in [-0.2, -0.15) is 0 Å². The molecule has 0 aliphatic carbocycles. The molecule has 1 aliphatic rings. The van der Waals surface area contributed by atoms with Crippen molar-refractivity contribution in [3.05, 3.63) is 210 Å². The van der Waals surface area contributed by atoms with Crippen LogP contribution in [0.3, 0.4) is 0 Å². The number of carbonyl (C=O) groups excluding carboxylic acids is 14. The van der Waals surface area contributed by atoms with E-state index in [4.69, 9.17) is 11.6 Å². The number of aliphatic hydroxyl groups is 1. The fraction of sp³-hybridized carbons (Fsp3) is 0.250. The number of phenolic OH excluding ortho intramolecular Hbond substituents is 1. The van der Waals surface area contributed by atoms with Crippen LogP contribution in [0.25, 0.3) is 21.7 Å². The molecule has 708 valence electrons. The Morgan fingerprint density at radius 1 is 0.380 bits per heavy atom. The maximum absolute atomic E-state index is 13.6. The first-order valence-corrected chi connectivity index (χ1v) is 42.8. The molecule has 0 saturated carbocycles. The van der Waals surface area contributed by atoms with Crippen LogP contribution in [0.1, 0.15) is 162 Å². The zero-order valence-corrected chi connectivity index (χ0v) is 76.1. The minimum absolute atomic E-state index is 0.00719. The summed E-state index contributed by atoms with van der Waals surface area (Å²) in [5.41, 5.74) is 5.05. The van der Waals surface area contributed by atoms with Crippen LogP contribution in [0.5, 0.6) is 5.75 Å². The number of aromatic nitrogens is 17. The van der Waals surface area contributed by atoms with E-state index in [0.717, 1.165) is 10.9 Å². The quantitative estimate of drug-likeness (QED) is 0.0162. The van der Waals surface area contributed by atoms with E-state index in [1.807, 2.05) is 29.2 Å². The van der Waals surface area contributed by atoms with Crippen molar-refractivity contribution in [1.29, 1.82) is 0 Å². The number of imidazole rings is 6. The monoisotopic (exact) mass is 1890 g/mol. The van der Waals surface area contributed by atoms with Gasteiger partial charge in [-0.15, -0.1) is 11.6 Å². The lowest BCUT2D eigenvalue weighted by atomic mass is 9.95. The Labute approximate surface area is 781 Å². The normalized spacial score (nSPS) is 12.4. The van der Waals surface area contributed by atoms with E-state index < -0.39 is 83.0 Å². The molecule has 0 spiro atoms. The molecule has 14 aromatic rings. The van der Waals surface area contributed by atoms with Crippen molar-refractivity contribution >= 4 is 185 Å². The third kappa shape index (κ3) is 21.1. The van der Waals surface area contributed by atoms with Crippen LogP contribution < -0.4 is 79.3 Å². The lowest BCUT2D eigenvalue weighted by Gasteiger charge is -2.26. The Kier molecular flexibility index (Phi) is 27.0. The Hall–Kier alpha value is -17.7. The maximum Gasteiger partial charge on any atom is 0.292 e. The van der Waals surface area contributed by atoms with Gasteiger partial charge in [0.05, 0.1) is 28.4 Å². The van der Waals surface area contributed by atoms with Crippen LogP contribution in [0.2, 0.25) is 0 Å². The van der Waals surface area contributed by atoms with Crippen molar-refractivity contribution in [3.8, 4) is 5.75 Å². The van der Waals surface area contributed by atoms with Crippen LogP contribution >= 0.6 is 11.6 Å². The molecular weight excluding hydrogens is 1800 g/mol. The summed E-state index contributed by atoms with van der Waals surface area (Å²) in [7, 11) is 15.6. The van der Waals surface area contributed by atoms with E-state index in [9.17, 15) is 77.3 Å². The predicted molar refractivity (Wildman–Crippen MR) is 502 cm³/mol. The summed E-state index contributed by atoms with van der Waals surface area (Å²) in [6.07, 6.45) is 13.2. The fourth-order valence-corrected chi connectivity index (χ4v) is 15.9. The van der Waals surface area contributed by atoms with Crippen molar-refractivity contribution < 1.29 is 77.3 Å². The van der Waals surface area contributed by atoms with Crippen LogP contribution in [0.15, 0.2) is 141 Å². The minimum atomic E-state index is -1.11. The highest BCUT2D eigenvalue weighted by atomic mass is 35.5. The number of nitrogens with zero attached hydrogens (tertiary/aromatic N) is 17. The van der Waals surface area contributed by atoms with Crippen LogP contribution in [-0.4, -0.2) is 206 Å². The van der Waals surface area contributed by atoms with Gasteiger partial charge in [0.25, 0.3) is 59.1 Å². The van der Waals surface area contributed by atoms with Gasteiger partial charge < -0.3 is 140 Å². The van der Waals surface area contributed by atoms with Gasteiger partial charge in [-0.3, -0.25) is 67.1 Å².